The second-order valence-electron chi connectivity index (χ2n) is 22.7. The number of hydrogen-bond acceptors (Lipinski definition) is 6. The molecule has 6 heteroatoms. The van der Waals surface area contributed by atoms with Crippen molar-refractivity contribution in [1.82, 2.24) is 0 Å². The van der Waals surface area contributed by atoms with Crippen LogP contribution >= 0.6 is 0 Å². The minimum absolute atomic E-state index is 0.0774. The van der Waals surface area contributed by atoms with Crippen LogP contribution in [0.1, 0.15) is 329 Å². The van der Waals surface area contributed by atoms with Gasteiger partial charge in [-0.15, -0.1) is 0 Å². The molecule has 6 nitrogen and oxygen atoms in total. The van der Waals surface area contributed by atoms with E-state index in [1.165, 1.54) is 167 Å². The van der Waals surface area contributed by atoms with Gasteiger partial charge in [0.15, 0.2) is 6.10 Å². The maximum atomic E-state index is 12.9. The molecule has 1 atom stereocenters. The van der Waals surface area contributed by atoms with Crippen LogP contribution in [0.2, 0.25) is 0 Å². The summed E-state index contributed by atoms with van der Waals surface area (Å²) in [6.45, 7) is 6.44. The molecule has 0 radical (unpaired) electrons. The summed E-state index contributed by atoms with van der Waals surface area (Å²) < 4.78 is 17.0. The molecule has 464 valence electrons. The Morgan fingerprint density at radius 1 is 0.259 bits per heavy atom. The molecule has 0 aliphatic carbocycles. The fraction of sp³-hybridized carbons (Fsp3) is 0.720. The summed E-state index contributed by atoms with van der Waals surface area (Å²) >= 11 is 0. The van der Waals surface area contributed by atoms with Crippen LogP contribution in [0.5, 0.6) is 0 Å². The highest BCUT2D eigenvalue weighted by Crippen LogP contribution is 2.17. The van der Waals surface area contributed by atoms with Crippen molar-refractivity contribution in [1.29, 1.82) is 0 Å². The fourth-order valence-corrected chi connectivity index (χ4v) is 9.70. The molecule has 0 aromatic carbocycles. The van der Waals surface area contributed by atoms with E-state index in [1.807, 2.05) is 0 Å². The van der Waals surface area contributed by atoms with Crippen LogP contribution in [0.15, 0.2) is 109 Å². The number of allylic oxidation sites excluding steroid dienone is 18. The van der Waals surface area contributed by atoms with Crippen LogP contribution in [-0.4, -0.2) is 37.2 Å². The van der Waals surface area contributed by atoms with Gasteiger partial charge in [-0.25, -0.2) is 0 Å². The first-order chi connectivity index (χ1) is 40.0. The highest BCUT2D eigenvalue weighted by Gasteiger charge is 2.19. The van der Waals surface area contributed by atoms with Gasteiger partial charge in [-0.05, 0) is 103 Å². The Kier molecular flexibility index (Phi) is 65.2. The highest BCUT2D eigenvalue weighted by atomic mass is 16.6. The lowest BCUT2D eigenvalue weighted by Gasteiger charge is -2.18. The summed E-state index contributed by atoms with van der Waals surface area (Å²) in [4.78, 5) is 38.4. The molecule has 0 amide bonds. The molecule has 0 aromatic rings. The second-order valence-corrected chi connectivity index (χ2v) is 22.7. The lowest BCUT2D eigenvalue weighted by Crippen LogP contribution is -2.30. The molecule has 0 rings (SSSR count). The molecule has 0 aliphatic heterocycles. The Morgan fingerprint density at radius 2 is 0.481 bits per heavy atom. The van der Waals surface area contributed by atoms with E-state index < -0.39 is 6.10 Å². The summed E-state index contributed by atoms with van der Waals surface area (Å²) in [5.74, 6) is -0.872. The largest absolute Gasteiger partial charge is 0.462 e. The van der Waals surface area contributed by atoms with Gasteiger partial charge in [-0.3, -0.25) is 14.4 Å². The molecule has 0 spiro atoms. The van der Waals surface area contributed by atoms with E-state index in [9.17, 15) is 14.4 Å². The first-order valence-corrected chi connectivity index (χ1v) is 34.4. The van der Waals surface area contributed by atoms with E-state index in [4.69, 9.17) is 14.2 Å². The minimum atomic E-state index is -0.782. The smallest absolute Gasteiger partial charge is 0.306 e. The molecule has 0 saturated carbocycles. The molecule has 0 aliphatic rings. The maximum absolute atomic E-state index is 12.9. The molecule has 1 unspecified atom stereocenters. The number of carbonyl (C=O) groups is 3. The van der Waals surface area contributed by atoms with Crippen molar-refractivity contribution in [2.45, 2.75) is 335 Å². The topological polar surface area (TPSA) is 78.9 Å². The molecule has 81 heavy (non-hydrogen) atoms. The van der Waals surface area contributed by atoms with Crippen LogP contribution in [-0.2, 0) is 28.6 Å². The van der Waals surface area contributed by atoms with E-state index in [-0.39, 0.29) is 31.1 Å². The molecular weight excluding hydrogens is 997 g/mol. The third-order valence-electron chi connectivity index (χ3n) is 14.8. The van der Waals surface area contributed by atoms with Gasteiger partial charge < -0.3 is 14.2 Å². The van der Waals surface area contributed by atoms with Gasteiger partial charge in [0.05, 0.1) is 0 Å². The second kappa shape index (κ2) is 68.6. The van der Waals surface area contributed by atoms with Crippen molar-refractivity contribution in [3.8, 4) is 0 Å². The van der Waals surface area contributed by atoms with Crippen LogP contribution < -0.4 is 0 Å². The molecule has 0 N–H and O–H groups in total. The number of hydrogen-bond donors (Lipinski definition) is 0. The maximum Gasteiger partial charge on any atom is 0.306 e. The monoisotopic (exact) mass is 1120 g/mol. The summed E-state index contributed by atoms with van der Waals surface area (Å²) in [5, 5.41) is 0. The first-order valence-electron chi connectivity index (χ1n) is 34.4. The normalized spacial score (nSPS) is 12.8. The predicted octanol–water partition coefficient (Wildman–Crippen LogP) is 23.8. The Hall–Kier alpha value is -3.93. The Balaban J connectivity index is 4.25. The van der Waals surface area contributed by atoms with Crippen molar-refractivity contribution < 1.29 is 28.6 Å². The molecule has 0 saturated heterocycles. The predicted molar refractivity (Wildman–Crippen MR) is 353 cm³/mol. The number of carbonyl (C=O) groups excluding carboxylic acids is 3. The number of rotatable bonds is 62. The molecular formula is C75H128O6. The standard InChI is InChI=1S/C75H128O6/c1-4-7-10-13-16-19-22-24-26-28-30-32-34-36-37-39-40-42-44-46-48-50-53-56-59-62-65-68-74(77)80-71-72(70-79-73(76)67-64-61-58-55-52-21-18-15-12-9-6-3)81-75(78)69-66-63-60-57-54-51-49-47-45-43-41-38-35-33-31-29-27-25-23-20-17-14-11-8-5-2/h7-8,10-11,16-17,19-20,24-27,30-33,38,41,72H,4-6,9,12-15,18,21-23,28-29,34-37,39-40,42-71H2,1-3H3/b10-7-,11-8-,19-16-,20-17-,26-24-,27-25-,32-30-,33-31-,41-38-. The molecule has 0 fully saturated rings. The van der Waals surface area contributed by atoms with Gasteiger partial charge in [0.2, 0.25) is 0 Å². The van der Waals surface area contributed by atoms with Crippen LogP contribution in [0.3, 0.4) is 0 Å². The lowest BCUT2D eigenvalue weighted by molar-refractivity contribution is -0.167. The Morgan fingerprint density at radius 3 is 0.753 bits per heavy atom. The zero-order chi connectivity index (χ0) is 58.5. The fourth-order valence-electron chi connectivity index (χ4n) is 9.70. The zero-order valence-electron chi connectivity index (χ0n) is 53.3. The number of ether oxygens (including phenoxy) is 3. The first kappa shape index (κ1) is 77.1. The van der Waals surface area contributed by atoms with Gasteiger partial charge >= 0.3 is 17.9 Å². The third kappa shape index (κ3) is 66.8. The van der Waals surface area contributed by atoms with E-state index in [0.29, 0.717) is 19.3 Å². The van der Waals surface area contributed by atoms with Crippen molar-refractivity contribution >= 4 is 17.9 Å². The van der Waals surface area contributed by atoms with Crippen LogP contribution in [0.4, 0.5) is 0 Å². The summed E-state index contributed by atoms with van der Waals surface area (Å²) in [7, 11) is 0. The quantitative estimate of drug-likeness (QED) is 0.0261. The zero-order valence-corrected chi connectivity index (χ0v) is 53.3. The number of esters is 3. The van der Waals surface area contributed by atoms with Gasteiger partial charge in [-0.2, -0.15) is 0 Å². The van der Waals surface area contributed by atoms with E-state index >= 15 is 0 Å². The van der Waals surface area contributed by atoms with Crippen molar-refractivity contribution in [3.63, 3.8) is 0 Å². The van der Waals surface area contributed by atoms with Gasteiger partial charge in [-0.1, -0.05) is 316 Å². The number of unbranched alkanes of at least 4 members (excludes halogenated alkanes) is 33. The van der Waals surface area contributed by atoms with Crippen molar-refractivity contribution in [3.05, 3.63) is 109 Å². The average molecular weight is 1130 g/mol. The summed E-state index contributed by atoms with van der Waals surface area (Å²) in [6.07, 6.45) is 93.9. The van der Waals surface area contributed by atoms with Gasteiger partial charge in [0, 0.05) is 19.3 Å². The summed E-state index contributed by atoms with van der Waals surface area (Å²) in [5.41, 5.74) is 0. The minimum Gasteiger partial charge on any atom is -0.462 e. The van der Waals surface area contributed by atoms with E-state index in [1.54, 1.807) is 0 Å². The Bertz CT molecular complexity index is 1620. The average Bonchev–Trinajstić information content (AvgIpc) is 3.47. The van der Waals surface area contributed by atoms with E-state index in [2.05, 4.69) is 130 Å². The van der Waals surface area contributed by atoms with Crippen LogP contribution in [0, 0.1) is 0 Å². The Labute approximate surface area is 501 Å². The van der Waals surface area contributed by atoms with E-state index in [0.717, 1.165) is 122 Å². The molecule has 0 bridgehead atoms. The molecule has 0 aromatic heterocycles. The van der Waals surface area contributed by atoms with Gasteiger partial charge in [0.25, 0.3) is 0 Å². The SMILES string of the molecule is CC/C=C\C/C=C\C/C=C\C/C=C\C/C=C\CCCCCCCCCCCC(=O)OC(COC(=O)CCCCCCCCCCCCC)COC(=O)CCCCCCCCCCCCCCCC/C=C\C/C=C\C/C=C\C/C=C\CC. The van der Waals surface area contributed by atoms with Crippen molar-refractivity contribution in [2.75, 3.05) is 13.2 Å². The lowest BCUT2D eigenvalue weighted by atomic mass is 10.0. The molecule has 0 heterocycles. The van der Waals surface area contributed by atoms with Gasteiger partial charge in [0.1, 0.15) is 13.2 Å². The van der Waals surface area contributed by atoms with Crippen LogP contribution in [0.25, 0.3) is 0 Å². The highest BCUT2D eigenvalue weighted by molar-refractivity contribution is 5.71. The summed E-state index contributed by atoms with van der Waals surface area (Å²) in [6, 6.07) is 0. The third-order valence-corrected chi connectivity index (χ3v) is 14.8. The van der Waals surface area contributed by atoms with Crippen molar-refractivity contribution in [2.24, 2.45) is 0 Å².